The smallest absolute Gasteiger partial charge is 0.295 e. The topological polar surface area (TPSA) is 143 Å². The van der Waals surface area contributed by atoms with Crippen molar-refractivity contribution < 1.29 is 9.85 Å². The normalized spacial score (nSPS) is 11.2. The highest BCUT2D eigenvalue weighted by atomic mass is 79.9. The van der Waals surface area contributed by atoms with Crippen molar-refractivity contribution in [3.8, 4) is 50.3 Å². The van der Waals surface area contributed by atoms with Crippen LogP contribution in [0.4, 0.5) is 11.4 Å². The van der Waals surface area contributed by atoms with Crippen LogP contribution in [0.1, 0.15) is 11.1 Å². The Hall–Kier alpha value is -7.96. The van der Waals surface area contributed by atoms with Crippen LogP contribution in [0.3, 0.4) is 0 Å². The molecule has 0 atom stereocenters. The van der Waals surface area contributed by atoms with E-state index < -0.39 is 9.85 Å². The van der Waals surface area contributed by atoms with Crippen molar-refractivity contribution >= 4 is 44.3 Å². The van der Waals surface area contributed by atoms with Crippen molar-refractivity contribution in [1.29, 1.82) is 0 Å². The van der Waals surface area contributed by atoms with Gasteiger partial charge in [0, 0.05) is 36.4 Å². The number of aromatic nitrogens is 5. The van der Waals surface area contributed by atoms with Gasteiger partial charge >= 0.3 is 0 Å². The maximum absolute atomic E-state index is 11.4. The molecule has 9 aromatic rings. The second kappa shape index (κ2) is 18.3. The average Bonchev–Trinajstić information content (AvgIpc) is 3.97. The molecule has 0 radical (unpaired) electrons. The van der Waals surface area contributed by atoms with E-state index in [0.717, 1.165) is 50.0 Å². The van der Waals surface area contributed by atoms with E-state index in [1.54, 1.807) is 36.9 Å². The number of hydrogen-bond donors (Lipinski definition) is 0. The summed E-state index contributed by atoms with van der Waals surface area (Å²) < 4.78 is 2.87. The zero-order valence-corrected chi connectivity index (χ0v) is 33.9. The third-order valence-electron chi connectivity index (χ3n) is 10.0. The fourth-order valence-corrected chi connectivity index (χ4v) is 7.41. The van der Waals surface area contributed by atoms with Crippen LogP contribution >= 0.6 is 15.9 Å². The molecule has 1 aliphatic rings. The van der Waals surface area contributed by atoms with Crippen molar-refractivity contribution in [2.24, 2.45) is 0 Å². The van der Waals surface area contributed by atoms with Crippen LogP contribution in [0.25, 0.3) is 67.3 Å². The van der Waals surface area contributed by atoms with Crippen molar-refractivity contribution in [2.75, 3.05) is 0 Å². The van der Waals surface area contributed by atoms with Gasteiger partial charge in [-0.3, -0.25) is 30.2 Å². The molecule has 61 heavy (non-hydrogen) atoms. The Balaban J connectivity index is 0.000000140. The second-order valence-electron chi connectivity index (χ2n) is 13.8. The summed E-state index contributed by atoms with van der Waals surface area (Å²) in [6.07, 6.45) is 16.3. The molecule has 0 amide bonds. The van der Waals surface area contributed by atoms with E-state index in [2.05, 4.69) is 72.3 Å². The van der Waals surface area contributed by atoms with E-state index in [1.165, 1.54) is 34.6 Å². The lowest BCUT2D eigenvalue weighted by molar-refractivity contribution is -0.384. The fourth-order valence-electron chi connectivity index (χ4n) is 7.05. The molecular weight excluding hydrogens is 830 g/mol. The molecule has 11 nitrogen and oxygen atoms in total. The van der Waals surface area contributed by atoms with E-state index in [4.69, 9.17) is 0 Å². The highest BCUT2D eigenvalue weighted by Crippen LogP contribution is 2.34. The summed E-state index contributed by atoms with van der Waals surface area (Å²) >= 11 is 3.35. The number of pyridine rings is 4. The predicted octanol–water partition coefficient (Wildman–Crippen LogP) is 12.4. The highest BCUT2D eigenvalue weighted by molar-refractivity contribution is 9.10. The van der Waals surface area contributed by atoms with Gasteiger partial charge in [-0.05, 0) is 121 Å². The van der Waals surface area contributed by atoms with Crippen LogP contribution in [0, 0.1) is 20.2 Å². The SMILES string of the molecule is Brc1cc(-c2ccccc2)ccn1.O=[N+]([O-])c1cnccc1-c1ccc2c(c1)CC=C2.O=[N+]([O-])c1cnccc1-c1ccc2ccn(-c3cc(-c4ccccc4)ccn3)c2c1. The standard InChI is InChI=1S/C24H16N4O2.C14H10N2O2.C11H8BrN/c29-28(30)23-16-25-11-9-21(23)20-7-6-18-10-13-27(22(18)14-20)24-15-19(8-12-26-24)17-4-2-1-3-5-17;17-16(18)14-9-15-7-6-13(14)12-5-4-10-2-1-3-11(10)8-12;12-11-8-10(6-7-13-11)9-4-2-1-3-5-9/h1-16H;1-2,4-9H,3H2;1-8H. The van der Waals surface area contributed by atoms with Crippen LogP contribution < -0.4 is 0 Å². The maximum atomic E-state index is 11.4. The lowest BCUT2D eigenvalue weighted by atomic mass is 10.00. The Morgan fingerprint density at radius 1 is 0.557 bits per heavy atom. The first-order valence-electron chi connectivity index (χ1n) is 19.1. The summed E-state index contributed by atoms with van der Waals surface area (Å²) in [6.45, 7) is 0. The Morgan fingerprint density at radius 2 is 1.15 bits per heavy atom. The van der Waals surface area contributed by atoms with E-state index in [9.17, 15) is 20.2 Å². The van der Waals surface area contributed by atoms with Crippen molar-refractivity contribution in [1.82, 2.24) is 24.5 Å². The summed E-state index contributed by atoms with van der Waals surface area (Å²) in [5, 5.41) is 23.4. The minimum Gasteiger partial charge on any atom is -0.301 e. The van der Waals surface area contributed by atoms with Crippen LogP contribution in [0.15, 0.2) is 194 Å². The van der Waals surface area contributed by atoms with Gasteiger partial charge in [0.15, 0.2) is 0 Å². The molecule has 296 valence electrons. The number of fused-ring (bicyclic) bond motifs is 2. The number of allylic oxidation sites excluding steroid dienone is 1. The maximum Gasteiger partial charge on any atom is 0.295 e. The van der Waals surface area contributed by atoms with E-state index in [0.29, 0.717) is 11.1 Å². The molecule has 5 aromatic heterocycles. The molecular formula is C49H34BrN7O4. The van der Waals surface area contributed by atoms with E-state index >= 15 is 0 Å². The molecule has 4 aromatic carbocycles. The van der Waals surface area contributed by atoms with Crippen LogP contribution in [0.5, 0.6) is 0 Å². The first-order valence-corrected chi connectivity index (χ1v) is 19.9. The predicted molar refractivity (Wildman–Crippen MR) is 243 cm³/mol. The molecule has 0 fully saturated rings. The van der Waals surface area contributed by atoms with Gasteiger partial charge in [0.25, 0.3) is 11.4 Å². The molecule has 0 saturated heterocycles. The fraction of sp³-hybridized carbons (Fsp3) is 0.0204. The Labute approximate surface area is 358 Å². The van der Waals surface area contributed by atoms with Crippen molar-refractivity contribution in [3.63, 3.8) is 0 Å². The molecule has 10 rings (SSSR count). The van der Waals surface area contributed by atoms with Crippen LogP contribution in [-0.4, -0.2) is 34.3 Å². The van der Waals surface area contributed by atoms with Crippen LogP contribution in [-0.2, 0) is 6.42 Å². The number of nitrogens with zero attached hydrogens (tertiary/aromatic N) is 7. The minimum absolute atomic E-state index is 0.0147. The third kappa shape index (κ3) is 9.20. The van der Waals surface area contributed by atoms with Gasteiger partial charge in [-0.15, -0.1) is 0 Å². The van der Waals surface area contributed by atoms with Gasteiger partial charge in [-0.25, -0.2) is 9.97 Å². The zero-order chi connectivity index (χ0) is 42.1. The quantitative estimate of drug-likeness (QED) is 0.0875. The molecule has 0 saturated carbocycles. The average molecular weight is 865 g/mol. The molecule has 12 heteroatoms. The number of nitro groups is 2. The van der Waals surface area contributed by atoms with E-state index in [1.807, 2.05) is 114 Å². The first-order chi connectivity index (χ1) is 29.8. The lowest BCUT2D eigenvalue weighted by Crippen LogP contribution is -1.97. The molecule has 0 bridgehead atoms. The number of hydrogen-bond acceptors (Lipinski definition) is 8. The summed E-state index contributed by atoms with van der Waals surface area (Å²) in [5.41, 5.74) is 10.7. The molecule has 1 aliphatic carbocycles. The lowest BCUT2D eigenvalue weighted by Gasteiger charge is -2.09. The van der Waals surface area contributed by atoms with Crippen molar-refractivity contribution in [3.05, 3.63) is 225 Å². The second-order valence-corrected chi connectivity index (χ2v) is 14.6. The summed E-state index contributed by atoms with van der Waals surface area (Å²) in [4.78, 5) is 37.9. The Bertz CT molecular complexity index is 3050. The minimum atomic E-state index is -0.406. The number of rotatable bonds is 7. The van der Waals surface area contributed by atoms with Gasteiger partial charge in [-0.2, -0.15) is 0 Å². The van der Waals surface area contributed by atoms with Gasteiger partial charge in [0.2, 0.25) is 0 Å². The Kier molecular flexibility index (Phi) is 12.0. The largest absolute Gasteiger partial charge is 0.301 e. The monoisotopic (exact) mass is 863 g/mol. The number of benzene rings is 4. The zero-order valence-electron chi connectivity index (χ0n) is 32.3. The highest BCUT2D eigenvalue weighted by Gasteiger charge is 2.18. The summed E-state index contributed by atoms with van der Waals surface area (Å²) in [6, 6.07) is 45.5. The molecule has 0 unspecified atom stereocenters. The van der Waals surface area contributed by atoms with Gasteiger partial charge < -0.3 is 4.57 Å². The molecule has 5 heterocycles. The van der Waals surface area contributed by atoms with Gasteiger partial charge in [-0.1, -0.05) is 97.1 Å². The molecule has 0 aliphatic heterocycles. The molecule has 0 N–H and O–H groups in total. The van der Waals surface area contributed by atoms with Crippen molar-refractivity contribution in [2.45, 2.75) is 6.42 Å². The van der Waals surface area contributed by atoms with E-state index in [-0.39, 0.29) is 11.4 Å². The molecule has 0 spiro atoms. The third-order valence-corrected chi connectivity index (χ3v) is 10.5. The van der Waals surface area contributed by atoms with Crippen LogP contribution in [0.2, 0.25) is 0 Å². The summed E-state index contributed by atoms with van der Waals surface area (Å²) in [7, 11) is 0. The first kappa shape index (κ1) is 39.8. The number of halogens is 1. The van der Waals surface area contributed by atoms with Gasteiger partial charge in [0.05, 0.1) is 26.5 Å². The summed E-state index contributed by atoms with van der Waals surface area (Å²) in [5.74, 6) is 0.785. The van der Waals surface area contributed by atoms with Gasteiger partial charge in [0.1, 0.15) is 22.8 Å². The Morgan fingerprint density at radius 3 is 1.77 bits per heavy atom.